The predicted molar refractivity (Wildman–Crippen MR) is 60.5 cm³/mol. The maximum absolute atomic E-state index is 11.3. The molecule has 86 valence electrons. The molecule has 1 aromatic rings. The van der Waals surface area contributed by atoms with Crippen LogP contribution in [0.25, 0.3) is 0 Å². The number of nitrogens with one attached hydrogen (secondary N) is 2. The Morgan fingerprint density at radius 1 is 1.50 bits per heavy atom. The van der Waals surface area contributed by atoms with E-state index in [0.29, 0.717) is 12.2 Å². The second-order valence-electron chi connectivity index (χ2n) is 3.24. The van der Waals surface area contributed by atoms with E-state index in [4.69, 9.17) is 0 Å². The highest BCUT2D eigenvalue weighted by Gasteiger charge is 2.10. The lowest BCUT2D eigenvalue weighted by Crippen LogP contribution is -2.28. The van der Waals surface area contributed by atoms with Crippen LogP contribution >= 0.6 is 0 Å². The molecule has 1 aromatic carbocycles. The molecule has 6 nitrogen and oxygen atoms in total. The fourth-order valence-electron chi connectivity index (χ4n) is 1.19. The molecule has 0 heterocycles. The summed E-state index contributed by atoms with van der Waals surface area (Å²) in [4.78, 5) is 21.3. The van der Waals surface area contributed by atoms with Gasteiger partial charge < -0.3 is 10.6 Å². The van der Waals surface area contributed by atoms with Crippen molar-refractivity contribution in [3.8, 4) is 0 Å². The third kappa shape index (κ3) is 2.94. The Hall–Kier alpha value is -2.11. The van der Waals surface area contributed by atoms with Crippen molar-refractivity contribution in [2.24, 2.45) is 0 Å². The fourth-order valence-corrected chi connectivity index (χ4v) is 1.19. The van der Waals surface area contributed by atoms with Gasteiger partial charge in [0.15, 0.2) is 0 Å². The maximum Gasteiger partial charge on any atom is 0.319 e. The van der Waals surface area contributed by atoms with Crippen molar-refractivity contribution in [1.29, 1.82) is 0 Å². The van der Waals surface area contributed by atoms with Crippen LogP contribution in [0, 0.1) is 17.0 Å². The first-order valence-corrected chi connectivity index (χ1v) is 4.84. The van der Waals surface area contributed by atoms with E-state index >= 15 is 0 Å². The third-order valence-electron chi connectivity index (χ3n) is 2.02. The first-order chi connectivity index (χ1) is 7.54. The topological polar surface area (TPSA) is 84.3 Å². The number of urea groups is 1. The van der Waals surface area contributed by atoms with Gasteiger partial charge >= 0.3 is 6.03 Å². The molecule has 0 aliphatic carbocycles. The molecular weight excluding hydrogens is 210 g/mol. The monoisotopic (exact) mass is 223 g/mol. The number of anilines is 1. The van der Waals surface area contributed by atoms with Crippen LogP contribution in [0.3, 0.4) is 0 Å². The van der Waals surface area contributed by atoms with Crippen molar-refractivity contribution in [3.63, 3.8) is 0 Å². The van der Waals surface area contributed by atoms with Gasteiger partial charge in [0.25, 0.3) is 5.69 Å². The second-order valence-corrected chi connectivity index (χ2v) is 3.24. The van der Waals surface area contributed by atoms with Crippen molar-refractivity contribution in [2.75, 3.05) is 11.9 Å². The standard InChI is InChI=1S/C10H13N3O3/c1-3-11-10(14)12-9-6-8(13(15)16)5-4-7(9)2/h4-6H,3H2,1-2H3,(H2,11,12,14). The number of carbonyl (C=O) groups is 1. The van der Waals surface area contributed by atoms with E-state index in [0.717, 1.165) is 5.56 Å². The minimum atomic E-state index is -0.498. The molecule has 0 atom stereocenters. The summed E-state index contributed by atoms with van der Waals surface area (Å²) in [5.74, 6) is 0. The lowest BCUT2D eigenvalue weighted by Gasteiger charge is -2.08. The highest BCUT2D eigenvalue weighted by atomic mass is 16.6. The number of amides is 2. The van der Waals surface area contributed by atoms with E-state index in [-0.39, 0.29) is 11.7 Å². The lowest BCUT2D eigenvalue weighted by atomic mass is 10.2. The average molecular weight is 223 g/mol. The Bertz CT molecular complexity index is 418. The van der Waals surface area contributed by atoms with Gasteiger partial charge in [-0.15, -0.1) is 0 Å². The molecule has 0 bridgehead atoms. The summed E-state index contributed by atoms with van der Waals surface area (Å²) in [6.45, 7) is 4.06. The van der Waals surface area contributed by atoms with Crippen molar-refractivity contribution in [1.82, 2.24) is 5.32 Å². The first-order valence-electron chi connectivity index (χ1n) is 4.84. The molecule has 0 aliphatic heterocycles. The first kappa shape index (κ1) is 12.0. The molecule has 0 fully saturated rings. The van der Waals surface area contributed by atoms with E-state index < -0.39 is 4.92 Å². The highest BCUT2D eigenvalue weighted by molar-refractivity contribution is 5.90. The average Bonchev–Trinajstić information content (AvgIpc) is 2.21. The number of hydrogen-bond donors (Lipinski definition) is 2. The number of nitro benzene ring substituents is 1. The van der Waals surface area contributed by atoms with Gasteiger partial charge in [0.1, 0.15) is 0 Å². The Morgan fingerprint density at radius 2 is 2.19 bits per heavy atom. The van der Waals surface area contributed by atoms with Gasteiger partial charge in [-0.05, 0) is 19.4 Å². The number of nitrogens with zero attached hydrogens (tertiary/aromatic N) is 1. The molecule has 16 heavy (non-hydrogen) atoms. The van der Waals surface area contributed by atoms with Gasteiger partial charge in [0.2, 0.25) is 0 Å². The highest BCUT2D eigenvalue weighted by Crippen LogP contribution is 2.21. The summed E-state index contributed by atoms with van der Waals surface area (Å²) in [6, 6.07) is 3.97. The molecule has 0 radical (unpaired) electrons. The molecule has 0 spiro atoms. The molecule has 0 aliphatic rings. The van der Waals surface area contributed by atoms with Gasteiger partial charge in [-0.3, -0.25) is 10.1 Å². The molecule has 0 aromatic heterocycles. The number of nitro groups is 1. The van der Waals surface area contributed by atoms with Crippen LogP contribution in [0.15, 0.2) is 18.2 Å². The predicted octanol–water partition coefficient (Wildman–Crippen LogP) is 2.04. The normalized spacial score (nSPS) is 9.62. The quantitative estimate of drug-likeness (QED) is 0.607. The van der Waals surface area contributed by atoms with Gasteiger partial charge in [-0.1, -0.05) is 6.07 Å². The van der Waals surface area contributed by atoms with E-state index in [1.165, 1.54) is 12.1 Å². The smallest absolute Gasteiger partial charge is 0.319 e. The fraction of sp³-hybridized carbons (Fsp3) is 0.300. The number of aryl methyl sites for hydroxylation is 1. The summed E-state index contributed by atoms with van der Waals surface area (Å²) in [5, 5.41) is 15.7. The molecule has 1 rings (SSSR count). The van der Waals surface area contributed by atoms with Crippen LogP contribution in [-0.2, 0) is 0 Å². The van der Waals surface area contributed by atoms with Crippen molar-refractivity contribution in [3.05, 3.63) is 33.9 Å². The summed E-state index contributed by atoms with van der Waals surface area (Å²) < 4.78 is 0. The molecule has 0 saturated heterocycles. The Balaban J connectivity index is 2.90. The zero-order valence-electron chi connectivity index (χ0n) is 9.11. The number of non-ortho nitro benzene ring substituents is 1. The van der Waals surface area contributed by atoms with Crippen LogP contribution < -0.4 is 10.6 Å². The van der Waals surface area contributed by atoms with E-state index in [2.05, 4.69) is 10.6 Å². The van der Waals surface area contributed by atoms with Crippen LogP contribution in [0.2, 0.25) is 0 Å². The van der Waals surface area contributed by atoms with Gasteiger partial charge in [-0.2, -0.15) is 0 Å². The molecule has 2 amide bonds. The van der Waals surface area contributed by atoms with Gasteiger partial charge in [0.05, 0.1) is 10.6 Å². The number of carbonyl (C=O) groups excluding carboxylic acids is 1. The summed E-state index contributed by atoms with van der Waals surface area (Å²) in [6.07, 6.45) is 0. The number of rotatable bonds is 3. The summed E-state index contributed by atoms with van der Waals surface area (Å²) >= 11 is 0. The maximum atomic E-state index is 11.3. The Kier molecular flexibility index (Phi) is 3.82. The lowest BCUT2D eigenvalue weighted by molar-refractivity contribution is -0.384. The summed E-state index contributed by atoms with van der Waals surface area (Å²) in [7, 11) is 0. The minimum Gasteiger partial charge on any atom is -0.338 e. The largest absolute Gasteiger partial charge is 0.338 e. The van der Waals surface area contributed by atoms with E-state index in [9.17, 15) is 14.9 Å². The minimum absolute atomic E-state index is 0.0441. The zero-order valence-corrected chi connectivity index (χ0v) is 9.11. The summed E-state index contributed by atoms with van der Waals surface area (Å²) in [5.41, 5.74) is 1.18. The van der Waals surface area contributed by atoms with Crippen LogP contribution in [0.5, 0.6) is 0 Å². The SMILES string of the molecule is CCNC(=O)Nc1cc([N+](=O)[O-])ccc1C. The van der Waals surface area contributed by atoms with Crippen molar-refractivity contribution >= 4 is 17.4 Å². The van der Waals surface area contributed by atoms with Gasteiger partial charge in [0, 0.05) is 18.7 Å². The Labute approximate surface area is 92.8 Å². The van der Waals surface area contributed by atoms with E-state index in [1.54, 1.807) is 19.9 Å². The third-order valence-corrected chi connectivity index (χ3v) is 2.02. The second kappa shape index (κ2) is 5.11. The van der Waals surface area contributed by atoms with Crippen LogP contribution in [0.4, 0.5) is 16.2 Å². The van der Waals surface area contributed by atoms with Crippen LogP contribution in [-0.4, -0.2) is 17.5 Å². The number of benzene rings is 1. The van der Waals surface area contributed by atoms with E-state index in [1.807, 2.05) is 0 Å². The van der Waals surface area contributed by atoms with Crippen LogP contribution in [0.1, 0.15) is 12.5 Å². The molecule has 6 heteroatoms. The molecule has 2 N–H and O–H groups in total. The molecule has 0 unspecified atom stereocenters. The Morgan fingerprint density at radius 3 is 2.75 bits per heavy atom. The number of hydrogen-bond acceptors (Lipinski definition) is 3. The zero-order chi connectivity index (χ0) is 12.1. The molecule has 0 saturated carbocycles. The molecular formula is C10H13N3O3. The van der Waals surface area contributed by atoms with Crippen molar-refractivity contribution < 1.29 is 9.72 Å². The van der Waals surface area contributed by atoms with Crippen molar-refractivity contribution in [2.45, 2.75) is 13.8 Å². The van der Waals surface area contributed by atoms with Gasteiger partial charge in [-0.25, -0.2) is 4.79 Å².